The summed E-state index contributed by atoms with van der Waals surface area (Å²) in [5.41, 5.74) is 5.15. The highest BCUT2D eigenvalue weighted by molar-refractivity contribution is 5.94. The van der Waals surface area contributed by atoms with Gasteiger partial charge in [0.05, 0.1) is 38.9 Å². The van der Waals surface area contributed by atoms with Crippen LogP contribution in [0.25, 0.3) is 22.0 Å². The zero-order valence-electron chi connectivity index (χ0n) is 26.3. The van der Waals surface area contributed by atoms with Crippen LogP contribution in [0.5, 0.6) is 23.0 Å². The second-order valence-corrected chi connectivity index (χ2v) is 11.4. The lowest BCUT2D eigenvalue weighted by Gasteiger charge is -2.22. The molecule has 0 amide bonds. The smallest absolute Gasteiger partial charge is 0.213 e. The molecule has 41 heavy (non-hydrogen) atoms. The van der Waals surface area contributed by atoms with E-state index in [9.17, 15) is 0 Å². The molecule has 0 aliphatic carbocycles. The predicted octanol–water partition coefficient (Wildman–Crippen LogP) is 9.02. The summed E-state index contributed by atoms with van der Waals surface area (Å²) in [6, 6.07) is 10.9. The van der Waals surface area contributed by atoms with Gasteiger partial charge in [-0.15, -0.1) is 0 Å². The van der Waals surface area contributed by atoms with Gasteiger partial charge in [-0.1, -0.05) is 78.1 Å². The summed E-state index contributed by atoms with van der Waals surface area (Å²) in [5.74, 6) is 3.30. The average Bonchev–Trinajstić information content (AvgIpc) is 3.00. The number of pyridine rings is 1. The van der Waals surface area contributed by atoms with Crippen LogP contribution in [0.15, 0.2) is 30.3 Å². The van der Waals surface area contributed by atoms with Crippen molar-refractivity contribution in [1.29, 1.82) is 0 Å². The lowest BCUT2D eigenvalue weighted by Crippen LogP contribution is -2.44. The number of ether oxygens (including phenoxy) is 4. The molecule has 3 aromatic rings. The van der Waals surface area contributed by atoms with Gasteiger partial charge in [-0.3, -0.25) is 0 Å². The maximum atomic E-state index is 6.27. The second kappa shape index (κ2) is 15.9. The van der Waals surface area contributed by atoms with Crippen LogP contribution in [-0.4, -0.2) is 27.9 Å². The Morgan fingerprint density at radius 2 is 1.37 bits per heavy atom. The molecule has 1 aliphatic heterocycles. The van der Waals surface area contributed by atoms with Gasteiger partial charge >= 0.3 is 0 Å². The topological polar surface area (TPSA) is 40.8 Å². The van der Waals surface area contributed by atoms with Gasteiger partial charge < -0.3 is 18.9 Å². The molecule has 0 N–H and O–H groups in total. The third-order valence-electron chi connectivity index (χ3n) is 8.57. The van der Waals surface area contributed by atoms with Crippen LogP contribution >= 0.6 is 0 Å². The van der Waals surface area contributed by atoms with Gasteiger partial charge in [0.15, 0.2) is 35.2 Å². The minimum Gasteiger partial charge on any atom is -0.493 e. The molecule has 4 rings (SSSR count). The number of benzene rings is 2. The Balaban J connectivity index is 1.66. The number of hydrogen-bond donors (Lipinski definition) is 0. The van der Waals surface area contributed by atoms with E-state index in [-0.39, 0.29) is 0 Å². The van der Waals surface area contributed by atoms with Crippen molar-refractivity contribution in [2.45, 2.75) is 110 Å². The molecule has 1 aromatic heterocycles. The summed E-state index contributed by atoms with van der Waals surface area (Å²) in [6.45, 7) is 6.21. The minimum atomic E-state index is 0.737. The first-order chi connectivity index (χ1) is 20.2. The Morgan fingerprint density at radius 1 is 0.683 bits per heavy atom. The minimum absolute atomic E-state index is 0.737. The second-order valence-electron chi connectivity index (χ2n) is 11.4. The van der Waals surface area contributed by atoms with Crippen molar-refractivity contribution in [3.8, 4) is 34.3 Å². The molecule has 2 aromatic carbocycles. The SMILES string of the molecule is CCCCCCCCOc1cc2c(cc1OC)-c1cc3ccc(OC)c(OC)c3c(CCCCCCCC)[n+]1CC2. The summed E-state index contributed by atoms with van der Waals surface area (Å²) < 4.78 is 26.3. The molecule has 0 unspecified atom stereocenters. The number of fused-ring (bicyclic) bond motifs is 4. The largest absolute Gasteiger partial charge is 0.493 e. The van der Waals surface area contributed by atoms with E-state index in [1.165, 1.54) is 104 Å². The van der Waals surface area contributed by atoms with E-state index in [1.807, 2.05) is 6.07 Å². The molecule has 0 radical (unpaired) electrons. The highest BCUT2D eigenvalue weighted by atomic mass is 16.5. The zero-order valence-corrected chi connectivity index (χ0v) is 26.3. The quantitative estimate of drug-likeness (QED) is 0.115. The summed E-state index contributed by atoms with van der Waals surface area (Å²) in [6.07, 6.45) is 17.2. The highest BCUT2D eigenvalue weighted by Crippen LogP contribution is 2.42. The summed E-state index contributed by atoms with van der Waals surface area (Å²) in [7, 11) is 5.22. The molecule has 0 atom stereocenters. The van der Waals surface area contributed by atoms with Crippen LogP contribution in [0.2, 0.25) is 0 Å². The first-order valence-corrected chi connectivity index (χ1v) is 16.1. The predicted molar refractivity (Wildman–Crippen MR) is 169 cm³/mol. The summed E-state index contributed by atoms with van der Waals surface area (Å²) in [5, 5.41) is 2.36. The fourth-order valence-electron chi connectivity index (χ4n) is 6.29. The average molecular weight is 563 g/mol. The van der Waals surface area contributed by atoms with E-state index in [4.69, 9.17) is 18.9 Å². The molecule has 5 heteroatoms. The number of methoxy groups -OCH3 is 3. The molecule has 5 nitrogen and oxygen atoms in total. The van der Waals surface area contributed by atoms with Gasteiger partial charge in [0.25, 0.3) is 0 Å². The Kier molecular flexibility index (Phi) is 12.0. The van der Waals surface area contributed by atoms with Crippen molar-refractivity contribution in [2.24, 2.45) is 0 Å². The Labute approximate surface area is 248 Å². The van der Waals surface area contributed by atoms with Gasteiger partial charge in [-0.25, -0.2) is 0 Å². The Bertz CT molecular complexity index is 1270. The Hall–Kier alpha value is -2.95. The number of nitrogens with zero attached hydrogens (tertiary/aromatic N) is 1. The maximum absolute atomic E-state index is 6.27. The number of aromatic nitrogens is 1. The normalized spacial score (nSPS) is 12.2. The summed E-state index contributed by atoms with van der Waals surface area (Å²) in [4.78, 5) is 0. The van der Waals surface area contributed by atoms with Crippen molar-refractivity contribution in [3.63, 3.8) is 0 Å². The van der Waals surface area contributed by atoms with Crippen LogP contribution in [0, 0.1) is 0 Å². The fourth-order valence-corrected chi connectivity index (χ4v) is 6.29. The fraction of sp³-hybridized carbons (Fsp3) is 0.583. The van der Waals surface area contributed by atoms with E-state index < -0.39 is 0 Å². The lowest BCUT2D eigenvalue weighted by molar-refractivity contribution is -0.693. The van der Waals surface area contributed by atoms with Crippen LogP contribution < -0.4 is 23.5 Å². The molecule has 0 bridgehead atoms. The molecule has 0 spiro atoms. The van der Waals surface area contributed by atoms with Gasteiger partial charge in [-0.2, -0.15) is 4.57 Å². The van der Waals surface area contributed by atoms with Crippen LogP contribution in [0.3, 0.4) is 0 Å². The number of unbranched alkanes of at least 4 members (excludes halogenated alkanes) is 10. The molecule has 2 heterocycles. The van der Waals surface area contributed by atoms with Crippen molar-refractivity contribution >= 4 is 10.8 Å². The third kappa shape index (κ3) is 7.47. The maximum Gasteiger partial charge on any atom is 0.213 e. The van der Waals surface area contributed by atoms with Crippen molar-refractivity contribution in [2.75, 3.05) is 27.9 Å². The monoisotopic (exact) mass is 562 g/mol. The van der Waals surface area contributed by atoms with E-state index in [2.05, 4.69) is 42.7 Å². The molecule has 0 saturated heterocycles. The highest BCUT2D eigenvalue weighted by Gasteiger charge is 2.31. The molecule has 0 fully saturated rings. The van der Waals surface area contributed by atoms with Crippen molar-refractivity contribution in [1.82, 2.24) is 0 Å². The van der Waals surface area contributed by atoms with E-state index in [1.54, 1.807) is 21.3 Å². The van der Waals surface area contributed by atoms with E-state index in [0.717, 1.165) is 55.4 Å². The Morgan fingerprint density at radius 3 is 2.05 bits per heavy atom. The lowest BCUT2D eigenvalue weighted by atomic mass is 9.92. The summed E-state index contributed by atoms with van der Waals surface area (Å²) >= 11 is 0. The molecular formula is C36H52NO4+. The van der Waals surface area contributed by atoms with Crippen LogP contribution in [0.1, 0.15) is 102 Å². The molecule has 1 aliphatic rings. The van der Waals surface area contributed by atoms with E-state index in [0.29, 0.717) is 0 Å². The van der Waals surface area contributed by atoms with Crippen molar-refractivity contribution in [3.05, 3.63) is 41.6 Å². The number of hydrogen-bond acceptors (Lipinski definition) is 4. The number of aryl methyl sites for hydroxylation is 2. The standard InChI is InChI=1S/C36H52NO4/c1-6-8-10-12-14-16-18-30-35-28(19-20-32(38-3)36(35)40-5)24-31-29-26-33(39-4)34(25-27(29)21-22-37(30)31)41-23-17-15-13-11-9-7-2/h19-20,24-26H,6-18,21-23H2,1-5H3/q+1. The van der Waals surface area contributed by atoms with Gasteiger partial charge in [0.2, 0.25) is 5.69 Å². The molecule has 224 valence electrons. The molecule has 0 saturated carbocycles. The van der Waals surface area contributed by atoms with Crippen molar-refractivity contribution < 1.29 is 23.5 Å². The third-order valence-corrected chi connectivity index (χ3v) is 8.57. The number of rotatable bonds is 18. The van der Waals surface area contributed by atoms with Gasteiger partial charge in [0.1, 0.15) is 0 Å². The van der Waals surface area contributed by atoms with E-state index >= 15 is 0 Å². The van der Waals surface area contributed by atoms with Gasteiger partial charge in [-0.05, 0) is 48.1 Å². The molecular weight excluding hydrogens is 510 g/mol. The first kappa shape index (κ1) is 31.0. The zero-order chi connectivity index (χ0) is 29.0. The van der Waals surface area contributed by atoms with Crippen LogP contribution in [-0.2, 0) is 19.4 Å². The van der Waals surface area contributed by atoms with Gasteiger partial charge in [0, 0.05) is 18.9 Å². The van der Waals surface area contributed by atoms with Crippen LogP contribution in [0.4, 0.5) is 0 Å². The first-order valence-electron chi connectivity index (χ1n) is 16.1.